The van der Waals surface area contributed by atoms with Crippen molar-refractivity contribution in [2.24, 2.45) is 0 Å². The number of benzene rings is 1. The number of morpholine rings is 1. The Morgan fingerprint density at radius 1 is 1.13 bits per heavy atom. The molecule has 2 heterocycles. The van der Waals surface area contributed by atoms with Crippen molar-refractivity contribution < 1.29 is 17.9 Å². The third-order valence-electron chi connectivity index (χ3n) is 4.22. The molecule has 128 valence electrons. The highest BCUT2D eigenvalue weighted by Crippen LogP contribution is 2.32. The smallest absolute Gasteiger partial charge is 0.243 e. The zero-order chi connectivity index (χ0) is 16.3. The highest BCUT2D eigenvalue weighted by Gasteiger charge is 2.28. The van der Waals surface area contributed by atoms with E-state index in [4.69, 9.17) is 9.47 Å². The first kappa shape index (κ1) is 16.5. The van der Waals surface area contributed by atoms with E-state index in [2.05, 4.69) is 10.2 Å². The molecule has 8 heteroatoms. The maximum atomic E-state index is 12.8. The number of rotatable bonds is 4. The van der Waals surface area contributed by atoms with Gasteiger partial charge in [-0.25, -0.2) is 8.42 Å². The number of anilines is 1. The van der Waals surface area contributed by atoms with Crippen molar-refractivity contribution in [3.63, 3.8) is 0 Å². The average molecular weight is 341 g/mol. The molecule has 2 fully saturated rings. The first-order valence-electron chi connectivity index (χ1n) is 7.84. The maximum Gasteiger partial charge on any atom is 0.243 e. The molecular formula is C15H23N3O4S. The van der Waals surface area contributed by atoms with Gasteiger partial charge in [-0.3, -0.25) is 0 Å². The van der Waals surface area contributed by atoms with Gasteiger partial charge in [0, 0.05) is 39.3 Å². The van der Waals surface area contributed by atoms with E-state index in [0.717, 1.165) is 31.9 Å². The van der Waals surface area contributed by atoms with E-state index in [1.807, 2.05) is 0 Å². The summed E-state index contributed by atoms with van der Waals surface area (Å²) in [6, 6.07) is 5.09. The second-order valence-corrected chi connectivity index (χ2v) is 7.53. The number of sulfonamides is 1. The van der Waals surface area contributed by atoms with E-state index >= 15 is 0 Å². The Bertz CT molecular complexity index is 638. The molecule has 0 spiro atoms. The molecule has 0 bridgehead atoms. The number of nitrogens with one attached hydrogen (secondary N) is 1. The van der Waals surface area contributed by atoms with Gasteiger partial charge in [-0.15, -0.1) is 0 Å². The van der Waals surface area contributed by atoms with Gasteiger partial charge in [0.1, 0.15) is 5.75 Å². The summed E-state index contributed by atoms with van der Waals surface area (Å²) < 4.78 is 37.8. The second kappa shape index (κ2) is 7.04. The van der Waals surface area contributed by atoms with Crippen molar-refractivity contribution in [3.05, 3.63) is 18.2 Å². The number of nitrogens with zero attached hydrogens (tertiary/aromatic N) is 2. The SMILES string of the molecule is COc1ccc(S(=O)(=O)N2CCOCC2)cc1N1CCNCC1. The minimum atomic E-state index is -3.49. The van der Waals surface area contributed by atoms with Gasteiger partial charge in [0.2, 0.25) is 10.0 Å². The molecule has 2 aliphatic heterocycles. The average Bonchev–Trinajstić information content (AvgIpc) is 2.62. The summed E-state index contributed by atoms with van der Waals surface area (Å²) in [6.07, 6.45) is 0. The van der Waals surface area contributed by atoms with Crippen LogP contribution in [0.1, 0.15) is 0 Å². The molecule has 7 nitrogen and oxygen atoms in total. The Kier molecular flexibility index (Phi) is 5.05. The van der Waals surface area contributed by atoms with Gasteiger partial charge < -0.3 is 19.7 Å². The van der Waals surface area contributed by atoms with Gasteiger partial charge in [-0.2, -0.15) is 4.31 Å². The molecule has 0 saturated carbocycles. The van der Waals surface area contributed by atoms with Crippen LogP contribution in [-0.4, -0.2) is 72.3 Å². The fourth-order valence-corrected chi connectivity index (χ4v) is 4.35. The van der Waals surface area contributed by atoms with E-state index in [1.54, 1.807) is 25.3 Å². The molecule has 2 aliphatic rings. The molecule has 0 unspecified atom stereocenters. The van der Waals surface area contributed by atoms with Gasteiger partial charge in [0.05, 0.1) is 30.9 Å². The van der Waals surface area contributed by atoms with Crippen molar-refractivity contribution >= 4 is 15.7 Å². The number of piperazine rings is 1. The highest BCUT2D eigenvalue weighted by molar-refractivity contribution is 7.89. The van der Waals surface area contributed by atoms with Crippen LogP contribution in [0.3, 0.4) is 0 Å². The van der Waals surface area contributed by atoms with Crippen LogP contribution in [0.2, 0.25) is 0 Å². The summed E-state index contributed by atoms with van der Waals surface area (Å²) in [5.74, 6) is 0.702. The molecule has 23 heavy (non-hydrogen) atoms. The van der Waals surface area contributed by atoms with Gasteiger partial charge in [0.15, 0.2) is 0 Å². The van der Waals surface area contributed by atoms with Crippen LogP contribution >= 0.6 is 0 Å². The lowest BCUT2D eigenvalue weighted by molar-refractivity contribution is 0.0730. The molecule has 1 aromatic carbocycles. The minimum absolute atomic E-state index is 0.314. The first-order valence-corrected chi connectivity index (χ1v) is 9.28. The summed E-state index contributed by atoms with van der Waals surface area (Å²) >= 11 is 0. The Balaban J connectivity index is 1.93. The van der Waals surface area contributed by atoms with Crippen LogP contribution in [0, 0.1) is 0 Å². The van der Waals surface area contributed by atoms with Crippen LogP contribution in [0.15, 0.2) is 23.1 Å². The van der Waals surface area contributed by atoms with Crippen LogP contribution in [0.5, 0.6) is 5.75 Å². The zero-order valence-corrected chi connectivity index (χ0v) is 14.1. The third kappa shape index (κ3) is 3.45. The maximum absolute atomic E-state index is 12.8. The number of hydrogen-bond donors (Lipinski definition) is 1. The quantitative estimate of drug-likeness (QED) is 0.839. The summed E-state index contributed by atoms with van der Waals surface area (Å²) in [4.78, 5) is 2.47. The lowest BCUT2D eigenvalue weighted by atomic mass is 10.2. The molecule has 0 aliphatic carbocycles. The lowest BCUT2D eigenvalue weighted by Crippen LogP contribution is -2.44. The summed E-state index contributed by atoms with van der Waals surface area (Å²) in [5.41, 5.74) is 0.836. The second-order valence-electron chi connectivity index (χ2n) is 5.59. The van der Waals surface area contributed by atoms with Crippen LogP contribution < -0.4 is 15.0 Å². The zero-order valence-electron chi connectivity index (χ0n) is 13.3. The molecule has 1 aromatic rings. The van der Waals surface area contributed by atoms with E-state index in [9.17, 15) is 8.42 Å². The topological polar surface area (TPSA) is 71.1 Å². The molecule has 2 saturated heterocycles. The van der Waals surface area contributed by atoms with E-state index in [-0.39, 0.29) is 0 Å². The predicted molar refractivity (Wildman–Crippen MR) is 87.7 cm³/mol. The van der Waals surface area contributed by atoms with Crippen molar-refractivity contribution in [2.75, 3.05) is 64.5 Å². The van der Waals surface area contributed by atoms with Gasteiger partial charge >= 0.3 is 0 Å². The number of hydrogen-bond acceptors (Lipinski definition) is 6. The van der Waals surface area contributed by atoms with E-state index in [0.29, 0.717) is 36.9 Å². The third-order valence-corrected chi connectivity index (χ3v) is 6.11. The molecule has 3 rings (SSSR count). The van der Waals surface area contributed by atoms with Crippen LogP contribution in [-0.2, 0) is 14.8 Å². The first-order chi connectivity index (χ1) is 11.1. The van der Waals surface area contributed by atoms with Crippen LogP contribution in [0.25, 0.3) is 0 Å². The summed E-state index contributed by atoms with van der Waals surface area (Å²) in [7, 11) is -1.88. The minimum Gasteiger partial charge on any atom is -0.495 e. The lowest BCUT2D eigenvalue weighted by Gasteiger charge is -2.31. The number of methoxy groups -OCH3 is 1. The molecule has 0 radical (unpaired) electrons. The van der Waals surface area contributed by atoms with E-state index in [1.165, 1.54) is 4.31 Å². The molecule has 1 N–H and O–H groups in total. The Morgan fingerprint density at radius 3 is 2.48 bits per heavy atom. The number of ether oxygens (including phenoxy) is 2. The van der Waals surface area contributed by atoms with E-state index < -0.39 is 10.0 Å². The Morgan fingerprint density at radius 2 is 1.83 bits per heavy atom. The summed E-state index contributed by atoms with van der Waals surface area (Å²) in [5, 5.41) is 3.30. The summed E-state index contributed by atoms with van der Waals surface area (Å²) in [6.45, 7) is 5.11. The molecule has 0 aromatic heterocycles. The standard InChI is InChI=1S/C15H23N3O4S/c1-21-15-3-2-13(12-14(15)17-6-4-16-5-7-17)23(19,20)18-8-10-22-11-9-18/h2-3,12,16H,4-11H2,1H3. The van der Waals surface area contributed by atoms with Crippen molar-refractivity contribution in [3.8, 4) is 5.75 Å². The fourth-order valence-electron chi connectivity index (χ4n) is 2.92. The predicted octanol–water partition coefficient (Wildman–Crippen LogP) is 0.126. The van der Waals surface area contributed by atoms with Gasteiger partial charge in [-0.05, 0) is 18.2 Å². The van der Waals surface area contributed by atoms with Crippen molar-refractivity contribution in [1.82, 2.24) is 9.62 Å². The molecule has 0 amide bonds. The Labute approximate surface area is 137 Å². The van der Waals surface area contributed by atoms with Crippen LogP contribution in [0.4, 0.5) is 5.69 Å². The van der Waals surface area contributed by atoms with Gasteiger partial charge in [0.25, 0.3) is 0 Å². The van der Waals surface area contributed by atoms with Gasteiger partial charge in [-0.1, -0.05) is 0 Å². The van der Waals surface area contributed by atoms with Crippen molar-refractivity contribution in [2.45, 2.75) is 4.90 Å². The largest absolute Gasteiger partial charge is 0.495 e. The normalized spacial score (nSPS) is 20.5. The van der Waals surface area contributed by atoms with Crippen molar-refractivity contribution in [1.29, 1.82) is 0 Å². The monoisotopic (exact) mass is 341 g/mol. The highest BCUT2D eigenvalue weighted by atomic mass is 32.2. The fraction of sp³-hybridized carbons (Fsp3) is 0.600. The Hall–Kier alpha value is -1.35. The molecule has 0 atom stereocenters. The molecular weight excluding hydrogens is 318 g/mol.